The zero-order chi connectivity index (χ0) is 17.9. The third kappa shape index (κ3) is 2.25. The number of ether oxygens (including phenoxy) is 3. The predicted octanol–water partition coefficient (Wildman–Crippen LogP) is 0.787. The molecule has 0 spiro atoms. The van der Waals surface area contributed by atoms with Gasteiger partial charge in [-0.15, -0.1) is 0 Å². The van der Waals surface area contributed by atoms with E-state index in [0.717, 1.165) is 11.1 Å². The third-order valence-corrected chi connectivity index (χ3v) is 5.81. The van der Waals surface area contributed by atoms with E-state index in [1.807, 2.05) is 12.2 Å². The minimum atomic E-state index is -0.466. The maximum atomic E-state index is 12.1. The minimum Gasteiger partial charge on any atom is -0.461 e. The Balaban J connectivity index is 1.67. The van der Waals surface area contributed by atoms with Gasteiger partial charge in [0.1, 0.15) is 13.2 Å². The van der Waals surface area contributed by atoms with Crippen molar-refractivity contribution in [3.05, 3.63) is 23.3 Å². The summed E-state index contributed by atoms with van der Waals surface area (Å²) >= 11 is 0. The van der Waals surface area contributed by atoms with Crippen LogP contribution < -0.4 is 0 Å². The Labute approximate surface area is 144 Å². The van der Waals surface area contributed by atoms with Gasteiger partial charge in [0.2, 0.25) is 0 Å². The molecule has 0 aromatic rings. The summed E-state index contributed by atoms with van der Waals surface area (Å²) in [5.41, 5.74) is 1.79. The molecule has 5 rings (SSSR count). The van der Waals surface area contributed by atoms with Gasteiger partial charge in [-0.2, -0.15) is 0 Å². The summed E-state index contributed by atoms with van der Waals surface area (Å²) in [5.74, 6) is -2.92. The summed E-state index contributed by atoms with van der Waals surface area (Å²) in [6.07, 6.45) is 3.95. The van der Waals surface area contributed by atoms with Crippen molar-refractivity contribution in [2.75, 3.05) is 13.2 Å². The van der Waals surface area contributed by atoms with E-state index in [2.05, 4.69) is 0 Å². The van der Waals surface area contributed by atoms with Crippen molar-refractivity contribution in [1.29, 1.82) is 0 Å². The van der Waals surface area contributed by atoms with Gasteiger partial charge >= 0.3 is 23.9 Å². The maximum Gasteiger partial charge on any atom is 0.318 e. The van der Waals surface area contributed by atoms with E-state index in [1.165, 1.54) is 13.8 Å². The molecule has 4 aliphatic carbocycles. The number of carbonyl (C=O) groups excluding carboxylic acids is 4. The number of carbonyl (C=O) groups is 4. The third-order valence-electron chi connectivity index (χ3n) is 5.81. The summed E-state index contributed by atoms with van der Waals surface area (Å²) in [6.45, 7) is 2.89. The topological polar surface area (TPSA) is 96.0 Å². The highest BCUT2D eigenvalue weighted by Gasteiger charge is 2.65. The average Bonchev–Trinajstić information content (AvgIpc) is 2.83. The van der Waals surface area contributed by atoms with E-state index >= 15 is 0 Å². The quantitative estimate of drug-likeness (QED) is 0.321. The van der Waals surface area contributed by atoms with Crippen molar-refractivity contribution < 1.29 is 33.4 Å². The second kappa shape index (κ2) is 5.54. The molecule has 0 radical (unpaired) electrons. The molecule has 1 saturated carbocycles. The van der Waals surface area contributed by atoms with Crippen LogP contribution >= 0.6 is 0 Å². The van der Waals surface area contributed by atoms with Crippen molar-refractivity contribution in [2.45, 2.75) is 13.8 Å². The van der Waals surface area contributed by atoms with E-state index in [-0.39, 0.29) is 36.9 Å². The lowest BCUT2D eigenvalue weighted by Gasteiger charge is -2.56. The van der Waals surface area contributed by atoms with Gasteiger partial charge in [0.05, 0.1) is 11.8 Å². The molecule has 2 bridgehead atoms. The van der Waals surface area contributed by atoms with E-state index in [9.17, 15) is 19.2 Å². The largest absolute Gasteiger partial charge is 0.461 e. The SMILES string of the molecule is CC(=O)OCC1=C(COC(C)=O)[C@@H]2[C@H]3C=C[C@H]([C@@H]12)[C@@H]1C(=O)OC(=O)[C@@H]31. The van der Waals surface area contributed by atoms with Crippen LogP contribution in [0.3, 0.4) is 0 Å². The number of esters is 4. The monoisotopic (exact) mass is 346 g/mol. The number of hydrogen-bond donors (Lipinski definition) is 0. The molecule has 5 aliphatic rings. The van der Waals surface area contributed by atoms with Crippen LogP contribution in [0.1, 0.15) is 13.8 Å². The molecule has 1 aliphatic heterocycles. The molecule has 25 heavy (non-hydrogen) atoms. The highest BCUT2D eigenvalue weighted by Crippen LogP contribution is 2.63. The lowest BCUT2D eigenvalue weighted by molar-refractivity contribution is -0.154. The fourth-order valence-electron chi connectivity index (χ4n) is 4.95. The van der Waals surface area contributed by atoms with E-state index in [1.54, 1.807) is 0 Å². The van der Waals surface area contributed by atoms with Gasteiger partial charge < -0.3 is 14.2 Å². The van der Waals surface area contributed by atoms with Gasteiger partial charge in [-0.3, -0.25) is 19.2 Å². The van der Waals surface area contributed by atoms with E-state index in [4.69, 9.17) is 14.2 Å². The zero-order valence-electron chi connectivity index (χ0n) is 13.9. The molecule has 1 saturated heterocycles. The van der Waals surface area contributed by atoms with Crippen LogP contribution in [0.4, 0.5) is 0 Å². The van der Waals surface area contributed by atoms with Gasteiger partial charge in [-0.1, -0.05) is 12.2 Å². The molecule has 7 nitrogen and oxygen atoms in total. The van der Waals surface area contributed by atoms with Crippen LogP contribution in [-0.2, 0) is 33.4 Å². The molecular weight excluding hydrogens is 328 g/mol. The highest BCUT2D eigenvalue weighted by molar-refractivity contribution is 5.98. The average molecular weight is 346 g/mol. The van der Waals surface area contributed by atoms with Crippen LogP contribution in [0.25, 0.3) is 0 Å². The molecule has 1 heterocycles. The van der Waals surface area contributed by atoms with Crippen molar-refractivity contribution in [2.24, 2.45) is 35.5 Å². The fourth-order valence-corrected chi connectivity index (χ4v) is 4.95. The summed E-state index contributed by atoms with van der Waals surface area (Å²) in [7, 11) is 0. The lowest BCUT2D eigenvalue weighted by atomic mass is 9.45. The van der Waals surface area contributed by atoms with Gasteiger partial charge in [-0.05, 0) is 34.8 Å². The van der Waals surface area contributed by atoms with Crippen molar-refractivity contribution >= 4 is 23.9 Å². The van der Waals surface area contributed by atoms with Gasteiger partial charge in [0, 0.05) is 13.8 Å². The van der Waals surface area contributed by atoms with E-state index < -0.39 is 35.7 Å². The zero-order valence-corrected chi connectivity index (χ0v) is 13.9. The van der Waals surface area contributed by atoms with Crippen LogP contribution in [0, 0.1) is 35.5 Å². The van der Waals surface area contributed by atoms with Crippen molar-refractivity contribution in [1.82, 2.24) is 0 Å². The first-order chi connectivity index (χ1) is 11.9. The van der Waals surface area contributed by atoms with Gasteiger partial charge in [0.25, 0.3) is 0 Å². The molecule has 7 heteroatoms. The lowest BCUT2D eigenvalue weighted by Crippen LogP contribution is -2.56. The van der Waals surface area contributed by atoms with Gasteiger partial charge in [0.15, 0.2) is 0 Å². The van der Waals surface area contributed by atoms with E-state index in [0.29, 0.717) is 0 Å². The Bertz CT molecular complexity index is 687. The predicted molar refractivity (Wildman–Crippen MR) is 81.5 cm³/mol. The van der Waals surface area contributed by atoms with Crippen LogP contribution in [0.2, 0.25) is 0 Å². The maximum absolute atomic E-state index is 12.1. The van der Waals surface area contributed by atoms with Crippen LogP contribution in [0.15, 0.2) is 23.3 Å². The first-order valence-corrected chi connectivity index (χ1v) is 8.32. The second-order valence-electron chi connectivity index (χ2n) is 6.99. The Morgan fingerprint density at radius 2 is 1.24 bits per heavy atom. The van der Waals surface area contributed by atoms with Crippen LogP contribution in [0.5, 0.6) is 0 Å². The number of allylic oxidation sites excluding steroid dienone is 2. The summed E-state index contributed by atoms with van der Waals surface area (Å²) in [4.78, 5) is 46.6. The normalized spacial score (nSPS) is 37.2. The number of rotatable bonds is 4. The fraction of sp³-hybridized carbons (Fsp3) is 0.556. The molecule has 132 valence electrons. The molecule has 0 amide bonds. The minimum absolute atomic E-state index is 0.0135. The Kier molecular flexibility index (Phi) is 3.56. The molecule has 0 unspecified atom stereocenters. The second-order valence-corrected chi connectivity index (χ2v) is 6.99. The number of hydrogen-bond acceptors (Lipinski definition) is 7. The summed E-state index contributed by atoms with van der Waals surface area (Å²) in [5, 5.41) is 0. The molecule has 2 fully saturated rings. The van der Waals surface area contributed by atoms with Crippen LogP contribution in [-0.4, -0.2) is 37.1 Å². The standard InChI is InChI=1S/C18H18O7/c1-7(19)23-5-11-12(6-24-8(2)20)14-10-4-3-9(13(11)14)15-16(10)18(22)25-17(15)21/h3-4,9-10,13-16H,5-6H2,1-2H3/t9-,10-,13+,14+,15+,16+/m1/s1. The smallest absolute Gasteiger partial charge is 0.318 e. The summed E-state index contributed by atoms with van der Waals surface area (Å²) < 4.78 is 15.2. The molecule has 6 atom stereocenters. The first-order valence-electron chi connectivity index (χ1n) is 8.32. The van der Waals surface area contributed by atoms with Gasteiger partial charge in [-0.25, -0.2) is 0 Å². The molecule has 0 aromatic heterocycles. The Morgan fingerprint density at radius 1 is 0.840 bits per heavy atom. The number of cyclic esters (lactones) is 2. The highest BCUT2D eigenvalue weighted by atomic mass is 16.6. The molecular formula is C18H18O7. The summed E-state index contributed by atoms with van der Waals surface area (Å²) in [6, 6.07) is 0. The Hall–Kier alpha value is -2.44. The molecule has 0 N–H and O–H groups in total. The molecule has 0 aromatic carbocycles. The first kappa shape index (κ1) is 16.1. The Morgan fingerprint density at radius 3 is 1.60 bits per heavy atom. The van der Waals surface area contributed by atoms with Crippen molar-refractivity contribution in [3.63, 3.8) is 0 Å². The van der Waals surface area contributed by atoms with Crippen molar-refractivity contribution in [3.8, 4) is 0 Å².